The van der Waals surface area contributed by atoms with Crippen molar-refractivity contribution < 1.29 is 26.7 Å². The van der Waals surface area contributed by atoms with Crippen LogP contribution in [-0.4, -0.2) is 6.36 Å². The van der Waals surface area contributed by atoms with E-state index in [1.165, 1.54) is 0 Å². The molecule has 6 heteroatoms. The van der Waals surface area contributed by atoms with E-state index in [1.54, 1.807) is 0 Å². The number of rotatable bonds is 1. The molecule has 0 bridgehead atoms. The third-order valence-electron chi connectivity index (χ3n) is 1.49. The van der Waals surface area contributed by atoms with Crippen LogP contribution >= 0.6 is 0 Å². The fourth-order valence-electron chi connectivity index (χ4n) is 0.815. The van der Waals surface area contributed by atoms with Crippen LogP contribution in [0.3, 0.4) is 0 Å². The molecule has 78 valence electrons. The Morgan fingerprint density at radius 1 is 1.07 bits per heavy atom. The lowest BCUT2D eigenvalue weighted by Crippen LogP contribution is -2.17. The molecule has 0 unspecified atom stereocenters. The Kier molecular flexibility index (Phi) is 2.64. The average molecular weight is 212 g/mol. The van der Waals surface area contributed by atoms with Gasteiger partial charge in [-0.1, -0.05) is 0 Å². The van der Waals surface area contributed by atoms with E-state index >= 15 is 0 Å². The van der Waals surface area contributed by atoms with Crippen molar-refractivity contribution in [1.29, 1.82) is 0 Å². The molecule has 0 aromatic heterocycles. The summed E-state index contributed by atoms with van der Waals surface area (Å²) in [7, 11) is 0. The van der Waals surface area contributed by atoms with Gasteiger partial charge in [0, 0.05) is 17.7 Å². The summed E-state index contributed by atoms with van der Waals surface area (Å²) in [4.78, 5) is 0. The van der Waals surface area contributed by atoms with Crippen LogP contribution in [0.25, 0.3) is 0 Å². The highest BCUT2D eigenvalue weighted by molar-refractivity contribution is 5.29. The Bertz CT molecular complexity index is 321. The van der Waals surface area contributed by atoms with Crippen LogP contribution < -0.4 is 4.74 Å². The van der Waals surface area contributed by atoms with E-state index < -0.39 is 23.7 Å². The number of alkyl halides is 3. The molecule has 0 heterocycles. The van der Waals surface area contributed by atoms with E-state index in [0.717, 1.165) is 6.92 Å². The quantitative estimate of drug-likeness (QED) is 0.649. The fraction of sp³-hybridized carbons (Fsp3) is 0.250. The van der Waals surface area contributed by atoms with Gasteiger partial charge in [-0.25, -0.2) is 8.78 Å². The molecule has 14 heavy (non-hydrogen) atoms. The van der Waals surface area contributed by atoms with Crippen molar-refractivity contribution in [3.8, 4) is 5.75 Å². The highest BCUT2D eigenvalue weighted by atomic mass is 19.4. The molecular weight excluding hydrogens is 207 g/mol. The van der Waals surface area contributed by atoms with Gasteiger partial charge in [-0.2, -0.15) is 0 Å². The summed E-state index contributed by atoms with van der Waals surface area (Å²) >= 11 is 0. The molecule has 0 amide bonds. The maximum Gasteiger partial charge on any atom is 0.573 e. The van der Waals surface area contributed by atoms with Crippen molar-refractivity contribution in [1.82, 2.24) is 0 Å². The first-order chi connectivity index (χ1) is 6.29. The summed E-state index contributed by atoms with van der Waals surface area (Å²) in [6.07, 6.45) is -4.95. The summed E-state index contributed by atoms with van der Waals surface area (Å²) in [5, 5.41) is 0. The largest absolute Gasteiger partial charge is 0.573 e. The van der Waals surface area contributed by atoms with Crippen LogP contribution in [0.15, 0.2) is 12.1 Å². The minimum Gasteiger partial charge on any atom is -0.406 e. The predicted octanol–water partition coefficient (Wildman–Crippen LogP) is 3.17. The standard InChI is InChI=1S/C8H5F5O/c1-4-6(9)2-5(3-7(4)10)14-8(11,12)13/h2-3H,1H3. The average Bonchev–Trinajstić information content (AvgIpc) is 1.96. The topological polar surface area (TPSA) is 9.23 Å². The Hall–Kier alpha value is -1.33. The molecule has 0 aliphatic rings. The Morgan fingerprint density at radius 3 is 1.86 bits per heavy atom. The van der Waals surface area contributed by atoms with Crippen LogP contribution in [-0.2, 0) is 0 Å². The molecule has 0 radical (unpaired) electrons. The zero-order valence-corrected chi connectivity index (χ0v) is 6.95. The molecule has 0 fully saturated rings. The van der Waals surface area contributed by atoms with Crippen LogP contribution in [0.2, 0.25) is 0 Å². The summed E-state index contributed by atoms with van der Waals surface area (Å²) in [5.74, 6) is -3.06. The normalized spacial score (nSPS) is 11.6. The Morgan fingerprint density at radius 2 is 1.50 bits per heavy atom. The Balaban J connectivity index is 3.02. The zero-order valence-electron chi connectivity index (χ0n) is 6.95. The van der Waals surface area contributed by atoms with Gasteiger partial charge in [0.2, 0.25) is 0 Å². The second-order valence-corrected chi connectivity index (χ2v) is 2.56. The lowest BCUT2D eigenvalue weighted by atomic mass is 10.2. The fourth-order valence-corrected chi connectivity index (χ4v) is 0.815. The highest BCUT2D eigenvalue weighted by Gasteiger charge is 2.31. The lowest BCUT2D eigenvalue weighted by Gasteiger charge is -2.09. The number of hydrogen-bond acceptors (Lipinski definition) is 1. The SMILES string of the molecule is Cc1c(F)cc(OC(F)(F)F)cc1F. The summed E-state index contributed by atoms with van der Waals surface area (Å²) in [5.41, 5.74) is -0.348. The third kappa shape index (κ3) is 2.58. The summed E-state index contributed by atoms with van der Waals surface area (Å²) in [6, 6.07) is 0.956. The van der Waals surface area contributed by atoms with E-state index in [1.807, 2.05) is 0 Å². The van der Waals surface area contributed by atoms with E-state index in [0.29, 0.717) is 12.1 Å². The second kappa shape index (κ2) is 3.43. The molecule has 0 aliphatic heterocycles. The van der Waals surface area contributed by atoms with Gasteiger partial charge < -0.3 is 4.74 Å². The first kappa shape index (κ1) is 10.7. The maximum atomic E-state index is 12.7. The second-order valence-electron chi connectivity index (χ2n) is 2.56. The van der Waals surface area contributed by atoms with Gasteiger partial charge in [0.1, 0.15) is 17.4 Å². The molecular formula is C8H5F5O. The molecule has 0 saturated carbocycles. The predicted molar refractivity (Wildman–Crippen MR) is 37.8 cm³/mol. The molecule has 1 rings (SSSR count). The number of hydrogen-bond donors (Lipinski definition) is 0. The molecule has 1 nitrogen and oxygen atoms in total. The van der Waals surface area contributed by atoms with Gasteiger partial charge in [0.15, 0.2) is 0 Å². The van der Waals surface area contributed by atoms with Crippen molar-refractivity contribution >= 4 is 0 Å². The zero-order chi connectivity index (χ0) is 10.9. The lowest BCUT2D eigenvalue weighted by molar-refractivity contribution is -0.274. The van der Waals surface area contributed by atoms with Gasteiger partial charge in [-0.05, 0) is 6.92 Å². The van der Waals surface area contributed by atoms with E-state index in [4.69, 9.17) is 0 Å². The van der Waals surface area contributed by atoms with Crippen molar-refractivity contribution in [2.75, 3.05) is 0 Å². The highest BCUT2D eigenvalue weighted by Crippen LogP contribution is 2.25. The number of ether oxygens (including phenoxy) is 1. The molecule has 1 aromatic rings. The number of benzene rings is 1. The van der Waals surface area contributed by atoms with Crippen LogP contribution in [0.4, 0.5) is 22.0 Å². The molecule has 1 aromatic carbocycles. The minimum absolute atomic E-state index is 0.348. The van der Waals surface area contributed by atoms with Crippen LogP contribution in [0.5, 0.6) is 5.75 Å². The molecule has 0 atom stereocenters. The molecule has 0 spiro atoms. The van der Waals surface area contributed by atoms with Crippen molar-refractivity contribution in [2.24, 2.45) is 0 Å². The van der Waals surface area contributed by atoms with Crippen molar-refractivity contribution in [3.05, 3.63) is 29.3 Å². The maximum absolute atomic E-state index is 12.7. The van der Waals surface area contributed by atoms with Gasteiger partial charge in [-0.3, -0.25) is 0 Å². The third-order valence-corrected chi connectivity index (χ3v) is 1.49. The van der Waals surface area contributed by atoms with Crippen LogP contribution in [0.1, 0.15) is 5.56 Å². The minimum atomic E-state index is -4.95. The van der Waals surface area contributed by atoms with Crippen molar-refractivity contribution in [2.45, 2.75) is 13.3 Å². The molecule has 0 saturated heterocycles. The van der Waals surface area contributed by atoms with Crippen LogP contribution in [0, 0.1) is 18.6 Å². The molecule has 0 aliphatic carbocycles. The van der Waals surface area contributed by atoms with Gasteiger partial charge in [0.05, 0.1) is 0 Å². The summed E-state index contributed by atoms with van der Waals surface area (Å²) < 4.78 is 63.7. The molecule has 0 N–H and O–H groups in total. The number of halogens is 5. The van der Waals surface area contributed by atoms with E-state index in [9.17, 15) is 22.0 Å². The van der Waals surface area contributed by atoms with Gasteiger partial charge >= 0.3 is 6.36 Å². The first-order valence-electron chi connectivity index (χ1n) is 3.51. The van der Waals surface area contributed by atoms with E-state index in [2.05, 4.69) is 4.74 Å². The van der Waals surface area contributed by atoms with Gasteiger partial charge in [0.25, 0.3) is 0 Å². The van der Waals surface area contributed by atoms with Gasteiger partial charge in [-0.15, -0.1) is 13.2 Å². The smallest absolute Gasteiger partial charge is 0.406 e. The Labute approximate surface area is 76.1 Å². The first-order valence-corrected chi connectivity index (χ1v) is 3.51. The summed E-state index contributed by atoms with van der Waals surface area (Å²) in [6.45, 7) is 1.11. The monoisotopic (exact) mass is 212 g/mol. The van der Waals surface area contributed by atoms with Crippen molar-refractivity contribution in [3.63, 3.8) is 0 Å². The van der Waals surface area contributed by atoms with E-state index in [-0.39, 0.29) is 5.56 Å².